The molecule has 2 atom stereocenters. The van der Waals surface area contributed by atoms with E-state index in [1.807, 2.05) is 6.07 Å². The second kappa shape index (κ2) is 8.13. The van der Waals surface area contributed by atoms with Crippen LogP contribution in [-0.2, 0) is 12.2 Å². The van der Waals surface area contributed by atoms with Gasteiger partial charge in [0, 0.05) is 5.56 Å². The van der Waals surface area contributed by atoms with Gasteiger partial charge in [-0.3, -0.25) is 0 Å². The Morgan fingerprint density at radius 1 is 1.00 bits per heavy atom. The van der Waals surface area contributed by atoms with Gasteiger partial charge in [-0.2, -0.15) is 0 Å². The van der Waals surface area contributed by atoms with Crippen LogP contribution < -0.4 is 28.4 Å². The molecule has 2 aromatic rings. The fourth-order valence-electron chi connectivity index (χ4n) is 3.35. The first-order valence-corrected chi connectivity index (χ1v) is 9.12. The highest BCUT2D eigenvalue weighted by Crippen LogP contribution is 2.49. The Labute approximate surface area is 170 Å². The molecule has 1 aliphatic rings. The van der Waals surface area contributed by atoms with Crippen molar-refractivity contribution in [2.45, 2.75) is 25.2 Å². The fraction of sp³-hybridized carbons (Fsp3) is 0.364. The highest BCUT2D eigenvalue weighted by Gasteiger charge is 2.46. The molecule has 156 valence electrons. The number of benzene rings is 2. The summed E-state index contributed by atoms with van der Waals surface area (Å²) >= 11 is 0. The molecule has 1 N–H and O–H groups in total. The zero-order valence-corrected chi connectivity index (χ0v) is 17.3. The van der Waals surface area contributed by atoms with E-state index < -0.39 is 11.9 Å². The molecule has 29 heavy (non-hydrogen) atoms. The molecule has 2 aromatic carbocycles. The summed E-state index contributed by atoms with van der Waals surface area (Å²) in [5, 5.41) is 11.5. The summed E-state index contributed by atoms with van der Waals surface area (Å²) in [6.07, 6.45) is 1.64. The molecule has 0 bridgehead atoms. The molecular weight excluding hydrogens is 376 g/mol. The number of ether oxygens (including phenoxy) is 6. The zero-order valence-electron chi connectivity index (χ0n) is 17.3. The average Bonchev–Trinajstić information content (AvgIpc) is 2.73. The maximum atomic E-state index is 11.5. The Bertz CT molecular complexity index is 883. The van der Waals surface area contributed by atoms with Crippen LogP contribution in [0.5, 0.6) is 34.5 Å². The molecule has 0 aliphatic carbocycles. The summed E-state index contributed by atoms with van der Waals surface area (Å²) in [7, 11) is 6.09. The van der Waals surface area contributed by atoms with Crippen molar-refractivity contribution >= 4 is 0 Å². The van der Waals surface area contributed by atoms with E-state index in [2.05, 4.69) is 6.58 Å². The first kappa shape index (κ1) is 20.7. The number of hydrogen-bond acceptors (Lipinski definition) is 7. The van der Waals surface area contributed by atoms with Crippen molar-refractivity contribution < 1.29 is 33.5 Å². The van der Waals surface area contributed by atoms with E-state index in [-0.39, 0.29) is 0 Å². The Morgan fingerprint density at radius 2 is 1.62 bits per heavy atom. The van der Waals surface area contributed by atoms with E-state index >= 15 is 0 Å². The summed E-state index contributed by atoms with van der Waals surface area (Å²) in [6, 6.07) is 6.93. The number of aliphatic hydroxyl groups is 1. The highest BCUT2D eigenvalue weighted by atomic mass is 16.7. The molecule has 0 amide bonds. The average molecular weight is 402 g/mol. The van der Waals surface area contributed by atoms with Crippen LogP contribution in [-0.4, -0.2) is 39.6 Å². The van der Waals surface area contributed by atoms with Gasteiger partial charge in [-0.05, 0) is 43.2 Å². The predicted molar refractivity (Wildman–Crippen MR) is 108 cm³/mol. The smallest absolute Gasteiger partial charge is 0.272 e. The first-order valence-electron chi connectivity index (χ1n) is 9.12. The highest BCUT2D eigenvalue weighted by molar-refractivity contribution is 5.58. The van der Waals surface area contributed by atoms with Crippen molar-refractivity contribution in [3.05, 3.63) is 48.0 Å². The van der Waals surface area contributed by atoms with E-state index in [1.54, 1.807) is 38.3 Å². The van der Waals surface area contributed by atoms with Crippen molar-refractivity contribution in [2.24, 2.45) is 0 Å². The number of hydrogen-bond donors (Lipinski definition) is 1. The molecule has 1 aliphatic heterocycles. The van der Waals surface area contributed by atoms with Crippen LogP contribution in [0.4, 0.5) is 0 Å². The monoisotopic (exact) mass is 402 g/mol. The quantitative estimate of drug-likeness (QED) is 0.711. The second-order valence-corrected chi connectivity index (χ2v) is 6.59. The molecule has 0 aromatic heterocycles. The zero-order chi connectivity index (χ0) is 21.2. The third-order valence-corrected chi connectivity index (χ3v) is 4.87. The molecule has 7 nitrogen and oxygen atoms in total. The molecule has 0 saturated heterocycles. The summed E-state index contributed by atoms with van der Waals surface area (Å²) in [5.74, 6) is 0.753. The maximum Gasteiger partial charge on any atom is 0.272 e. The summed E-state index contributed by atoms with van der Waals surface area (Å²) in [6.45, 7) is 5.48. The molecule has 7 heteroatoms. The van der Waals surface area contributed by atoms with Crippen LogP contribution in [0.2, 0.25) is 0 Å². The second-order valence-electron chi connectivity index (χ2n) is 6.59. The van der Waals surface area contributed by atoms with Gasteiger partial charge in [0.15, 0.2) is 29.1 Å². The van der Waals surface area contributed by atoms with E-state index in [0.717, 1.165) is 5.56 Å². The number of rotatable bonds is 7. The molecule has 0 spiro atoms. The Balaban J connectivity index is 2.12. The van der Waals surface area contributed by atoms with Crippen LogP contribution in [0.1, 0.15) is 18.1 Å². The lowest BCUT2D eigenvalue weighted by atomic mass is 9.97. The first-order chi connectivity index (χ1) is 13.9. The minimum Gasteiger partial charge on any atom is -0.493 e. The summed E-state index contributed by atoms with van der Waals surface area (Å²) < 4.78 is 33.7. The Morgan fingerprint density at radius 3 is 2.14 bits per heavy atom. The van der Waals surface area contributed by atoms with Gasteiger partial charge in [0.25, 0.3) is 5.79 Å². The number of fused-ring (bicyclic) bond motifs is 1. The normalized spacial score (nSPS) is 20.0. The summed E-state index contributed by atoms with van der Waals surface area (Å²) in [4.78, 5) is 0. The molecule has 3 rings (SSSR count). The van der Waals surface area contributed by atoms with E-state index in [1.165, 1.54) is 21.3 Å². The van der Waals surface area contributed by atoms with Gasteiger partial charge in [-0.15, -0.1) is 6.58 Å². The molecule has 0 radical (unpaired) electrons. The van der Waals surface area contributed by atoms with Gasteiger partial charge in [0.1, 0.15) is 0 Å². The third-order valence-electron chi connectivity index (χ3n) is 4.87. The molecular formula is C22H26O7. The van der Waals surface area contributed by atoms with Crippen LogP contribution in [0.15, 0.2) is 36.9 Å². The van der Waals surface area contributed by atoms with Crippen LogP contribution in [0.25, 0.3) is 0 Å². The van der Waals surface area contributed by atoms with Gasteiger partial charge in [0.05, 0.1) is 28.4 Å². The van der Waals surface area contributed by atoms with E-state index in [0.29, 0.717) is 46.5 Å². The summed E-state index contributed by atoms with van der Waals surface area (Å²) in [5.41, 5.74) is 1.32. The number of methoxy groups -OCH3 is 4. The van der Waals surface area contributed by atoms with Crippen molar-refractivity contribution in [3.63, 3.8) is 0 Å². The van der Waals surface area contributed by atoms with Crippen LogP contribution in [0, 0.1) is 0 Å². The minimum atomic E-state index is -1.79. The largest absolute Gasteiger partial charge is 0.493 e. The van der Waals surface area contributed by atoms with E-state index in [4.69, 9.17) is 28.4 Å². The molecule has 2 unspecified atom stereocenters. The van der Waals surface area contributed by atoms with Gasteiger partial charge in [-0.25, -0.2) is 0 Å². The number of allylic oxidation sites excluding steroid dienone is 1. The third kappa shape index (κ3) is 3.53. The lowest BCUT2D eigenvalue weighted by Crippen LogP contribution is -2.49. The predicted octanol–water partition coefficient (Wildman–Crippen LogP) is 3.45. The maximum absolute atomic E-state index is 11.5. The Hall–Kier alpha value is -3.06. The van der Waals surface area contributed by atoms with Crippen molar-refractivity contribution in [3.8, 4) is 34.5 Å². The van der Waals surface area contributed by atoms with Gasteiger partial charge < -0.3 is 33.5 Å². The van der Waals surface area contributed by atoms with Crippen molar-refractivity contribution in [1.29, 1.82) is 0 Å². The van der Waals surface area contributed by atoms with Crippen molar-refractivity contribution in [1.82, 2.24) is 0 Å². The van der Waals surface area contributed by atoms with Gasteiger partial charge in [-0.1, -0.05) is 6.08 Å². The minimum absolute atomic E-state index is 0.371. The van der Waals surface area contributed by atoms with Crippen LogP contribution in [0.3, 0.4) is 0 Å². The van der Waals surface area contributed by atoms with Crippen molar-refractivity contribution in [2.75, 3.05) is 28.4 Å². The standard InChI is InChI=1S/C22H26O7/c1-7-8-14-9-16(24-3)21-19(10-14)29-22(23,13(2)28-21)15-11-17(25-4)20(27-6)18(12-15)26-5/h7,9-13,23H,1,8H2,2-6H3. The van der Waals surface area contributed by atoms with E-state index in [9.17, 15) is 5.11 Å². The van der Waals surface area contributed by atoms with Gasteiger partial charge in [0.2, 0.25) is 11.5 Å². The lowest BCUT2D eigenvalue weighted by molar-refractivity contribution is -0.217. The molecule has 0 saturated carbocycles. The fourth-order valence-corrected chi connectivity index (χ4v) is 3.35. The lowest BCUT2D eigenvalue weighted by Gasteiger charge is -2.40. The molecule has 1 heterocycles. The van der Waals surface area contributed by atoms with Gasteiger partial charge >= 0.3 is 0 Å². The van der Waals surface area contributed by atoms with Crippen LogP contribution >= 0.6 is 0 Å². The Kier molecular flexibility index (Phi) is 5.79. The topological polar surface area (TPSA) is 75.6 Å². The molecule has 0 fully saturated rings. The SMILES string of the molecule is C=CCc1cc(OC)c2c(c1)OC(O)(c1cc(OC)c(OC)c(OC)c1)C(C)O2.